The van der Waals surface area contributed by atoms with Crippen molar-refractivity contribution in [3.63, 3.8) is 0 Å². The van der Waals surface area contributed by atoms with Crippen LogP contribution in [0.4, 0.5) is 0 Å². The van der Waals surface area contributed by atoms with Crippen LogP contribution in [0.1, 0.15) is 72.1 Å². The van der Waals surface area contributed by atoms with Crippen LogP contribution in [0.2, 0.25) is 0 Å². The molecule has 2 unspecified atom stereocenters. The Bertz CT molecular complexity index is 311. The first-order valence-corrected chi connectivity index (χ1v) is 8.87. The van der Waals surface area contributed by atoms with Crippen LogP contribution in [-0.2, 0) is 4.79 Å². The number of carbonyl (C=O) groups is 1. The fourth-order valence-electron chi connectivity index (χ4n) is 4.23. The van der Waals surface area contributed by atoms with Crippen molar-refractivity contribution in [2.75, 3.05) is 19.6 Å². The Balaban J connectivity index is 1.84. The normalized spacial score (nSPS) is 31.4. The van der Waals surface area contributed by atoms with Crippen LogP contribution in [-0.4, -0.2) is 30.3 Å². The number of rotatable bonds is 5. The standard InChI is InChI=1S/C18H33NO/c1-4-15-7-8-17(20)16(13-15)14-19-11-9-18(5-2,6-3)10-12-19/h15-16H,4-14H2,1-3H3. The summed E-state index contributed by atoms with van der Waals surface area (Å²) >= 11 is 0. The molecule has 0 aromatic rings. The van der Waals surface area contributed by atoms with Gasteiger partial charge in [-0.05, 0) is 50.1 Å². The van der Waals surface area contributed by atoms with Gasteiger partial charge in [0.05, 0.1) is 0 Å². The van der Waals surface area contributed by atoms with Crippen LogP contribution >= 0.6 is 0 Å². The first kappa shape index (κ1) is 16.0. The molecule has 1 saturated heterocycles. The average molecular weight is 279 g/mol. The summed E-state index contributed by atoms with van der Waals surface area (Å²) in [6.45, 7) is 10.4. The van der Waals surface area contributed by atoms with Gasteiger partial charge in [0, 0.05) is 18.9 Å². The third-order valence-electron chi connectivity index (χ3n) is 6.34. The zero-order chi connectivity index (χ0) is 14.6. The molecule has 1 aliphatic carbocycles. The van der Waals surface area contributed by atoms with E-state index in [-0.39, 0.29) is 0 Å². The van der Waals surface area contributed by atoms with E-state index in [0.29, 0.717) is 17.1 Å². The lowest BCUT2D eigenvalue weighted by Crippen LogP contribution is -2.44. The molecule has 2 atom stereocenters. The van der Waals surface area contributed by atoms with E-state index in [4.69, 9.17) is 0 Å². The number of hydrogen-bond acceptors (Lipinski definition) is 2. The minimum Gasteiger partial charge on any atom is -0.303 e. The van der Waals surface area contributed by atoms with Crippen molar-refractivity contribution in [1.29, 1.82) is 0 Å². The Morgan fingerprint density at radius 2 is 1.80 bits per heavy atom. The van der Waals surface area contributed by atoms with Crippen LogP contribution in [0.25, 0.3) is 0 Å². The SMILES string of the molecule is CCC1CCC(=O)C(CN2CCC(CC)(CC)CC2)C1. The lowest BCUT2D eigenvalue weighted by Gasteiger charge is -2.42. The number of ketones is 1. The highest BCUT2D eigenvalue weighted by atomic mass is 16.1. The molecule has 2 aliphatic rings. The Morgan fingerprint density at radius 3 is 2.35 bits per heavy atom. The predicted molar refractivity (Wildman–Crippen MR) is 84.8 cm³/mol. The van der Waals surface area contributed by atoms with E-state index in [1.54, 1.807) is 0 Å². The quantitative estimate of drug-likeness (QED) is 0.748. The molecular weight excluding hydrogens is 246 g/mol. The molecule has 2 heteroatoms. The molecule has 2 rings (SSSR count). The van der Waals surface area contributed by atoms with Gasteiger partial charge < -0.3 is 4.90 Å². The molecule has 116 valence electrons. The second-order valence-electron chi connectivity index (χ2n) is 7.22. The highest BCUT2D eigenvalue weighted by molar-refractivity contribution is 5.81. The van der Waals surface area contributed by atoms with E-state index in [1.807, 2.05) is 0 Å². The van der Waals surface area contributed by atoms with E-state index in [2.05, 4.69) is 25.7 Å². The average Bonchev–Trinajstić information content (AvgIpc) is 2.50. The van der Waals surface area contributed by atoms with Gasteiger partial charge in [0.25, 0.3) is 0 Å². The lowest BCUT2D eigenvalue weighted by atomic mass is 9.73. The maximum atomic E-state index is 12.1. The second kappa shape index (κ2) is 7.06. The van der Waals surface area contributed by atoms with Crippen molar-refractivity contribution in [3.8, 4) is 0 Å². The molecule has 2 nitrogen and oxygen atoms in total. The van der Waals surface area contributed by atoms with Crippen molar-refractivity contribution in [2.45, 2.75) is 72.1 Å². The van der Waals surface area contributed by atoms with Gasteiger partial charge in [0.15, 0.2) is 0 Å². The van der Waals surface area contributed by atoms with Crippen LogP contribution in [0, 0.1) is 17.3 Å². The molecule has 20 heavy (non-hydrogen) atoms. The molecule has 0 amide bonds. The monoisotopic (exact) mass is 279 g/mol. The molecule has 0 aromatic carbocycles. The Kier molecular flexibility index (Phi) is 5.65. The Labute approximate surface area is 125 Å². The molecular formula is C18H33NO. The van der Waals surface area contributed by atoms with Crippen LogP contribution in [0.5, 0.6) is 0 Å². The van der Waals surface area contributed by atoms with Gasteiger partial charge in [-0.15, -0.1) is 0 Å². The van der Waals surface area contributed by atoms with Crippen molar-refractivity contribution in [2.24, 2.45) is 17.3 Å². The molecule has 0 radical (unpaired) electrons. The van der Waals surface area contributed by atoms with Gasteiger partial charge in [0.2, 0.25) is 0 Å². The molecule has 1 aliphatic heterocycles. The highest BCUT2D eigenvalue weighted by Gasteiger charge is 2.34. The Hall–Kier alpha value is -0.370. The van der Waals surface area contributed by atoms with Gasteiger partial charge in [0.1, 0.15) is 5.78 Å². The molecule has 0 aromatic heterocycles. The minimum absolute atomic E-state index is 0.337. The zero-order valence-electron chi connectivity index (χ0n) is 13.8. The molecule has 2 fully saturated rings. The summed E-state index contributed by atoms with van der Waals surface area (Å²) in [5.74, 6) is 1.68. The van der Waals surface area contributed by atoms with Gasteiger partial charge in [-0.2, -0.15) is 0 Å². The van der Waals surface area contributed by atoms with E-state index >= 15 is 0 Å². The van der Waals surface area contributed by atoms with Crippen LogP contribution < -0.4 is 0 Å². The summed E-state index contributed by atoms with van der Waals surface area (Å²) in [6, 6.07) is 0. The summed E-state index contributed by atoms with van der Waals surface area (Å²) in [7, 11) is 0. The van der Waals surface area contributed by atoms with E-state index in [1.165, 1.54) is 45.2 Å². The largest absolute Gasteiger partial charge is 0.303 e. The molecule has 1 heterocycles. The number of carbonyl (C=O) groups excluding carboxylic acids is 1. The second-order valence-corrected chi connectivity index (χ2v) is 7.22. The number of Topliss-reactive ketones (excluding diaryl/α,β-unsaturated/α-hetero) is 1. The third kappa shape index (κ3) is 3.63. The zero-order valence-corrected chi connectivity index (χ0v) is 13.8. The van der Waals surface area contributed by atoms with Gasteiger partial charge in [-0.3, -0.25) is 4.79 Å². The summed E-state index contributed by atoms with van der Waals surface area (Å²) in [5.41, 5.74) is 0.596. The van der Waals surface area contributed by atoms with Crippen molar-refractivity contribution >= 4 is 5.78 Å². The third-order valence-corrected chi connectivity index (χ3v) is 6.34. The topological polar surface area (TPSA) is 20.3 Å². The van der Waals surface area contributed by atoms with Gasteiger partial charge in [-0.1, -0.05) is 40.0 Å². The number of piperidine rings is 1. The summed E-state index contributed by atoms with van der Waals surface area (Å²) < 4.78 is 0. The predicted octanol–water partition coefficient (Wildman–Crippen LogP) is 4.28. The molecule has 0 bridgehead atoms. The highest BCUT2D eigenvalue weighted by Crippen LogP contribution is 2.38. The fraction of sp³-hybridized carbons (Fsp3) is 0.944. The maximum absolute atomic E-state index is 12.1. The van der Waals surface area contributed by atoms with E-state index in [9.17, 15) is 4.79 Å². The van der Waals surface area contributed by atoms with Crippen molar-refractivity contribution < 1.29 is 4.79 Å². The van der Waals surface area contributed by atoms with Gasteiger partial charge >= 0.3 is 0 Å². The Morgan fingerprint density at radius 1 is 1.15 bits per heavy atom. The molecule has 0 N–H and O–H groups in total. The smallest absolute Gasteiger partial charge is 0.137 e. The van der Waals surface area contributed by atoms with Gasteiger partial charge in [-0.25, -0.2) is 0 Å². The van der Waals surface area contributed by atoms with Crippen molar-refractivity contribution in [3.05, 3.63) is 0 Å². The summed E-state index contributed by atoms with van der Waals surface area (Å²) in [4.78, 5) is 14.7. The van der Waals surface area contributed by atoms with E-state index < -0.39 is 0 Å². The first-order chi connectivity index (χ1) is 9.62. The van der Waals surface area contributed by atoms with Crippen molar-refractivity contribution in [1.82, 2.24) is 4.90 Å². The summed E-state index contributed by atoms with van der Waals surface area (Å²) in [5, 5.41) is 0. The molecule has 1 saturated carbocycles. The first-order valence-electron chi connectivity index (χ1n) is 8.87. The minimum atomic E-state index is 0.337. The van der Waals surface area contributed by atoms with E-state index in [0.717, 1.165) is 31.7 Å². The fourth-order valence-corrected chi connectivity index (χ4v) is 4.23. The number of nitrogens with zero attached hydrogens (tertiary/aromatic N) is 1. The number of likely N-dealkylation sites (tertiary alicyclic amines) is 1. The summed E-state index contributed by atoms with van der Waals surface area (Å²) in [6.07, 6.45) is 9.67. The van der Waals surface area contributed by atoms with Crippen LogP contribution in [0.3, 0.4) is 0 Å². The lowest BCUT2D eigenvalue weighted by molar-refractivity contribution is -0.126. The maximum Gasteiger partial charge on any atom is 0.137 e. The number of hydrogen-bond donors (Lipinski definition) is 0. The van der Waals surface area contributed by atoms with Crippen LogP contribution in [0.15, 0.2) is 0 Å². The molecule has 0 spiro atoms.